The summed E-state index contributed by atoms with van der Waals surface area (Å²) >= 11 is 0. The molecule has 136 valence electrons. The summed E-state index contributed by atoms with van der Waals surface area (Å²) in [5, 5.41) is 0. The van der Waals surface area contributed by atoms with Crippen LogP contribution in [0.3, 0.4) is 0 Å². The second-order valence-electron chi connectivity index (χ2n) is 6.87. The quantitative estimate of drug-likeness (QED) is 0.543. The molecule has 2 aromatic carbocycles. The van der Waals surface area contributed by atoms with Gasteiger partial charge in [0.05, 0.1) is 24.5 Å². The first-order chi connectivity index (χ1) is 13.7. The lowest BCUT2D eigenvalue weighted by Gasteiger charge is -2.11. The van der Waals surface area contributed by atoms with E-state index in [2.05, 4.69) is 34.3 Å². The first-order valence-corrected chi connectivity index (χ1v) is 9.07. The van der Waals surface area contributed by atoms with Gasteiger partial charge < -0.3 is 4.57 Å². The number of hydrogen-bond acceptors (Lipinski definition) is 3. The monoisotopic (exact) mass is 369 g/mol. The topological polar surface area (TPSA) is 47.8 Å². The molecule has 5 heteroatoms. The second kappa shape index (κ2) is 6.53. The summed E-state index contributed by atoms with van der Waals surface area (Å²) < 4.78 is 16.4. The van der Waals surface area contributed by atoms with Crippen LogP contribution in [0.15, 0.2) is 71.9 Å². The van der Waals surface area contributed by atoms with Crippen LogP contribution >= 0.6 is 0 Å². The molecular formula is C23H16FN3O. The fourth-order valence-electron chi connectivity index (χ4n) is 3.65. The maximum atomic E-state index is 14.9. The zero-order valence-electron chi connectivity index (χ0n) is 15.0. The Morgan fingerprint density at radius 1 is 1.04 bits per heavy atom. The van der Waals surface area contributed by atoms with Crippen molar-refractivity contribution >= 4 is 17.1 Å². The van der Waals surface area contributed by atoms with Gasteiger partial charge in [-0.3, -0.25) is 9.78 Å². The van der Waals surface area contributed by atoms with Crippen molar-refractivity contribution in [1.82, 2.24) is 14.5 Å². The summed E-state index contributed by atoms with van der Waals surface area (Å²) in [4.78, 5) is 20.4. The lowest BCUT2D eigenvalue weighted by molar-refractivity contribution is 0.599. The Bertz CT molecular complexity index is 1310. The molecule has 0 radical (unpaired) electrons. The molecule has 0 N–H and O–H groups in total. The molecule has 4 nitrogen and oxygen atoms in total. The molecule has 2 heterocycles. The molecule has 5 rings (SSSR count). The first-order valence-electron chi connectivity index (χ1n) is 9.07. The van der Waals surface area contributed by atoms with Crippen molar-refractivity contribution in [3.05, 3.63) is 100.0 Å². The average molecular weight is 369 g/mol. The van der Waals surface area contributed by atoms with Gasteiger partial charge in [0.15, 0.2) is 0 Å². The predicted molar refractivity (Wildman–Crippen MR) is 107 cm³/mol. The highest BCUT2D eigenvalue weighted by Gasteiger charge is 2.11. The molecule has 28 heavy (non-hydrogen) atoms. The highest BCUT2D eigenvalue weighted by Crippen LogP contribution is 2.28. The Kier molecular flexibility index (Phi) is 3.86. The van der Waals surface area contributed by atoms with E-state index < -0.39 is 0 Å². The van der Waals surface area contributed by atoms with Gasteiger partial charge in [0.2, 0.25) is 0 Å². The van der Waals surface area contributed by atoms with Gasteiger partial charge in [0, 0.05) is 11.8 Å². The van der Waals surface area contributed by atoms with Crippen molar-refractivity contribution in [1.29, 1.82) is 0 Å². The van der Waals surface area contributed by atoms with Gasteiger partial charge in [-0.25, -0.2) is 9.37 Å². The van der Waals surface area contributed by atoms with Crippen molar-refractivity contribution in [2.75, 3.05) is 0 Å². The zero-order valence-corrected chi connectivity index (χ0v) is 15.0. The van der Waals surface area contributed by atoms with E-state index in [1.807, 2.05) is 12.1 Å². The maximum Gasteiger partial charge on any atom is 0.269 e. The molecule has 0 atom stereocenters. The third-order valence-corrected chi connectivity index (χ3v) is 5.14. The molecule has 0 aliphatic heterocycles. The van der Waals surface area contributed by atoms with Crippen LogP contribution < -0.4 is 5.56 Å². The molecule has 0 bridgehead atoms. The highest BCUT2D eigenvalue weighted by molar-refractivity contribution is 5.73. The number of allylic oxidation sites excluding steroid dienone is 1. The van der Waals surface area contributed by atoms with Crippen molar-refractivity contribution in [3.63, 3.8) is 0 Å². The first kappa shape index (κ1) is 16.6. The average Bonchev–Trinajstić information content (AvgIpc) is 3.19. The lowest BCUT2D eigenvalue weighted by atomic mass is 9.99. The number of aromatic nitrogens is 3. The SMILES string of the molecule is O=c1cnc2cnccc2n1Cc1ccc(-c2ccc3c(c2)CC=C3)cc1F. The van der Waals surface area contributed by atoms with Crippen molar-refractivity contribution in [2.45, 2.75) is 13.0 Å². The summed E-state index contributed by atoms with van der Waals surface area (Å²) in [7, 11) is 0. The predicted octanol–water partition coefficient (Wildman–Crippen LogP) is 4.22. The van der Waals surface area contributed by atoms with E-state index >= 15 is 0 Å². The summed E-state index contributed by atoms with van der Waals surface area (Å²) in [5.74, 6) is -0.331. The van der Waals surface area contributed by atoms with Gasteiger partial charge in [0.25, 0.3) is 5.56 Å². The molecule has 0 fully saturated rings. The van der Waals surface area contributed by atoms with Crippen LogP contribution in [-0.4, -0.2) is 14.5 Å². The number of halogens is 1. The molecule has 1 aliphatic carbocycles. The molecule has 0 spiro atoms. The number of hydrogen-bond donors (Lipinski definition) is 0. The van der Waals surface area contributed by atoms with Crippen molar-refractivity contribution < 1.29 is 4.39 Å². The van der Waals surface area contributed by atoms with E-state index in [9.17, 15) is 9.18 Å². The highest BCUT2D eigenvalue weighted by atomic mass is 19.1. The third-order valence-electron chi connectivity index (χ3n) is 5.14. The number of rotatable bonds is 3. The maximum absolute atomic E-state index is 14.9. The van der Waals surface area contributed by atoms with Gasteiger partial charge in [-0.1, -0.05) is 42.5 Å². The second-order valence-corrected chi connectivity index (χ2v) is 6.87. The summed E-state index contributed by atoms with van der Waals surface area (Å²) in [6, 6.07) is 13.1. The Labute approximate surface area is 160 Å². The van der Waals surface area contributed by atoms with E-state index in [0.29, 0.717) is 16.6 Å². The standard InChI is InChI=1S/C23H16FN3O/c24-20-11-18(17-5-4-15-2-1-3-16(15)10-17)6-7-19(20)14-27-22-8-9-25-12-21(22)26-13-23(27)28/h1-2,4-13H,3,14H2. The van der Waals surface area contributed by atoms with Crippen molar-refractivity contribution in [2.24, 2.45) is 0 Å². The van der Waals surface area contributed by atoms with Gasteiger partial charge in [-0.05, 0) is 40.8 Å². The lowest BCUT2D eigenvalue weighted by Crippen LogP contribution is -2.21. The number of benzene rings is 2. The molecule has 0 amide bonds. The molecule has 1 aliphatic rings. The fraction of sp³-hybridized carbons (Fsp3) is 0.0870. The third kappa shape index (κ3) is 2.81. The van der Waals surface area contributed by atoms with E-state index in [1.165, 1.54) is 28.0 Å². The number of nitrogens with zero attached hydrogens (tertiary/aromatic N) is 3. The van der Waals surface area contributed by atoms with Gasteiger partial charge in [-0.2, -0.15) is 0 Å². The Balaban J connectivity index is 1.52. The molecular weight excluding hydrogens is 353 g/mol. The molecule has 0 saturated heterocycles. The van der Waals surface area contributed by atoms with Crippen LogP contribution in [0.4, 0.5) is 4.39 Å². The Morgan fingerprint density at radius 3 is 2.79 bits per heavy atom. The minimum Gasteiger partial charge on any atom is -0.301 e. The Morgan fingerprint density at radius 2 is 1.89 bits per heavy atom. The van der Waals surface area contributed by atoms with Crippen LogP contribution in [0.1, 0.15) is 16.7 Å². The van der Waals surface area contributed by atoms with Crippen molar-refractivity contribution in [3.8, 4) is 11.1 Å². The summed E-state index contributed by atoms with van der Waals surface area (Å²) in [6.45, 7) is 0.141. The molecule has 0 saturated carbocycles. The van der Waals surface area contributed by atoms with Crippen LogP contribution in [-0.2, 0) is 13.0 Å². The van der Waals surface area contributed by atoms with E-state index in [1.54, 1.807) is 24.5 Å². The normalized spacial score (nSPS) is 12.5. The van der Waals surface area contributed by atoms with Gasteiger partial charge in [0.1, 0.15) is 11.3 Å². The van der Waals surface area contributed by atoms with Crippen LogP contribution in [0, 0.1) is 5.82 Å². The molecule has 0 unspecified atom stereocenters. The van der Waals surface area contributed by atoms with Gasteiger partial charge in [-0.15, -0.1) is 0 Å². The smallest absolute Gasteiger partial charge is 0.269 e. The minimum atomic E-state index is -0.331. The van der Waals surface area contributed by atoms with E-state index in [4.69, 9.17) is 0 Å². The van der Waals surface area contributed by atoms with Crippen LogP contribution in [0.25, 0.3) is 28.2 Å². The summed E-state index contributed by atoms with van der Waals surface area (Å²) in [6.07, 6.45) is 9.58. The fourth-order valence-corrected chi connectivity index (χ4v) is 3.65. The van der Waals surface area contributed by atoms with Crippen LogP contribution in [0.5, 0.6) is 0 Å². The summed E-state index contributed by atoms with van der Waals surface area (Å²) in [5.41, 5.74) is 5.72. The minimum absolute atomic E-state index is 0.141. The zero-order chi connectivity index (χ0) is 19.1. The number of pyridine rings is 1. The number of fused-ring (bicyclic) bond motifs is 2. The van der Waals surface area contributed by atoms with Gasteiger partial charge >= 0.3 is 0 Å². The largest absolute Gasteiger partial charge is 0.301 e. The Hall–Kier alpha value is -3.60. The van der Waals surface area contributed by atoms with E-state index in [0.717, 1.165) is 17.5 Å². The molecule has 4 aromatic rings. The molecule has 2 aromatic heterocycles. The van der Waals surface area contributed by atoms with Crippen LogP contribution in [0.2, 0.25) is 0 Å². The van der Waals surface area contributed by atoms with E-state index in [-0.39, 0.29) is 17.9 Å².